The molecule has 6 nitrogen and oxygen atoms in total. The number of piperidine rings is 1. The van der Waals surface area contributed by atoms with Crippen molar-refractivity contribution in [2.24, 2.45) is 7.05 Å². The summed E-state index contributed by atoms with van der Waals surface area (Å²) in [4.78, 5) is 27.0. The molecule has 4 rings (SSSR count). The van der Waals surface area contributed by atoms with Gasteiger partial charge in [-0.15, -0.1) is 0 Å². The van der Waals surface area contributed by atoms with Crippen LogP contribution < -0.4 is 5.32 Å². The van der Waals surface area contributed by atoms with Crippen molar-refractivity contribution in [1.82, 2.24) is 14.7 Å². The lowest BCUT2D eigenvalue weighted by molar-refractivity contribution is -0.132. The zero-order valence-electron chi connectivity index (χ0n) is 19.7. The molecule has 1 aliphatic rings. The number of nitrogens with zero attached hydrogens (tertiary/aromatic N) is 3. The van der Waals surface area contributed by atoms with Gasteiger partial charge >= 0.3 is 0 Å². The predicted molar refractivity (Wildman–Crippen MR) is 133 cm³/mol. The number of carbonyl (C=O) groups excluding carboxylic acids is 2. The molecule has 0 spiro atoms. The first-order valence-corrected chi connectivity index (χ1v) is 12.3. The molecular weight excluding hydrogens is 518 g/mol. The van der Waals surface area contributed by atoms with E-state index in [4.69, 9.17) is 0 Å². The van der Waals surface area contributed by atoms with Crippen molar-refractivity contribution < 1.29 is 18.4 Å². The van der Waals surface area contributed by atoms with E-state index in [0.29, 0.717) is 37.5 Å². The summed E-state index contributed by atoms with van der Waals surface area (Å²) < 4.78 is 29.7. The second-order valence-corrected chi connectivity index (χ2v) is 9.69. The maximum Gasteiger partial charge on any atom is 0.276 e. The Bertz CT molecular complexity index is 1230. The van der Waals surface area contributed by atoms with Crippen LogP contribution in [0, 0.1) is 18.6 Å². The van der Waals surface area contributed by atoms with Crippen LogP contribution in [0.15, 0.2) is 46.9 Å². The third kappa shape index (κ3) is 5.78. The Morgan fingerprint density at radius 2 is 1.80 bits per heavy atom. The second kappa shape index (κ2) is 10.7. The Morgan fingerprint density at radius 1 is 1.11 bits per heavy atom. The Hall–Kier alpha value is -3.07. The first kappa shape index (κ1) is 25.0. The first-order chi connectivity index (χ1) is 16.7. The van der Waals surface area contributed by atoms with Gasteiger partial charge in [0.15, 0.2) is 11.5 Å². The molecule has 0 atom stereocenters. The molecule has 1 N–H and O–H groups in total. The molecular formula is C26H27BrF2N4O2. The van der Waals surface area contributed by atoms with Gasteiger partial charge in [-0.1, -0.05) is 28.1 Å². The van der Waals surface area contributed by atoms with Gasteiger partial charge in [0.25, 0.3) is 5.91 Å². The van der Waals surface area contributed by atoms with Crippen molar-refractivity contribution in [1.29, 1.82) is 0 Å². The van der Waals surface area contributed by atoms with Crippen molar-refractivity contribution in [3.8, 4) is 0 Å². The summed E-state index contributed by atoms with van der Waals surface area (Å²) in [5.41, 5.74) is 2.59. The first-order valence-electron chi connectivity index (χ1n) is 11.5. The highest BCUT2D eigenvalue weighted by Gasteiger charge is 2.24. The molecule has 0 unspecified atom stereocenters. The van der Waals surface area contributed by atoms with Crippen LogP contribution >= 0.6 is 15.9 Å². The SMILES string of the molecule is Cc1nn(C)c(C(=O)Nc2ccc(C3CCN(C(=O)CCc4cc(F)ccc4Br)CC3)cc2)c1F. The molecule has 0 saturated carbocycles. The number of aromatic nitrogens is 2. The van der Waals surface area contributed by atoms with E-state index in [-0.39, 0.29) is 23.1 Å². The minimum absolute atomic E-state index is 0.0790. The Morgan fingerprint density at radius 3 is 2.43 bits per heavy atom. The molecule has 2 heterocycles. The van der Waals surface area contributed by atoms with Crippen molar-refractivity contribution >= 4 is 33.4 Å². The quantitative estimate of drug-likeness (QED) is 0.454. The fraction of sp³-hybridized carbons (Fsp3) is 0.346. The summed E-state index contributed by atoms with van der Waals surface area (Å²) in [7, 11) is 1.53. The van der Waals surface area contributed by atoms with Gasteiger partial charge in [-0.05, 0) is 73.6 Å². The molecule has 3 aromatic rings. The van der Waals surface area contributed by atoms with Gasteiger partial charge in [-0.25, -0.2) is 8.78 Å². The standard InChI is InChI=1S/C26H27BrF2N4O2/c1-16-24(29)25(32(2)31-16)26(35)30-21-7-3-17(4-8-21)18-11-13-33(14-12-18)23(34)10-5-19-15-20(28)6-9-22(19)27/h3-4,6-9,15,18H,5,10-14H2,1-2H3,(H,30,35). The Labute approximate surface area is 211 Å². The number of nitrogens with one attached hydrogen (secondary N) is 1. The number of amides is 2. The molecule has 184 valence electrons. The van der Waals surface area contributed by atoms with Crippen LogP contribution in [-0.2, 0) is 18.3 Å². The molecule has 2 amide bonds. The monoisotopic (exact) mass is 544 g/mol. The molecule has 0 aliphatic carbocycles. The lowest BCUT2D eigenvalue weighted by atomic mass is 9.89. The van der Waals surface area contributed by atoms with Gasteiger partial charge < -0.3 is 10.2 Å². The Kier molecular flexibility index (Phi) is 7.64. The van der Waals surface area contributed by atoms with Crippen molar-refractivity contribution in [2.75, 3.05) is 18.4 Å². The fourth-order valence-corrected chi connectivity index (χ4v) is 4.95. The largest absolute Gasteiger partial charge is 0.343 e. The third-order valence-electron chi connectivity index (χ3n) is 6.47. The van der Waals surface area contributed by atoms with Crippen LogP contribution in [0.2, 0.25) is 0 Å². The molecule has 1 aliphatic heterocycles. The zero-order chi connectivity index (χ0) is 25.1. The average Bonchev–Trinajstić information content (AvgIpc) is 3.11. The fourth-order valence-electron chi connectivity index (χ4n) is 4.50. The number of carbonyl (C=O) groups is 2. The lowest BCUT2D eigenvalue weighted by Crippen LogP contribution is -2.38. The molecule has 1 fully saturated rings. The van der Waals surface area contributed by atoms with E-state index in [1.807, 2.05) is 29.2 Å². The molecule has 0 radical (unpaired) electrons. The van der Waals surface area contributed by atoms with Crippen molar-refractivity contribution in [3.63, 3.8) is 0 Å². The van der Waals surface area contributed by atoms with E-state index in [1.54, 1.807) is 6.07 Å². The van der Waals surface area contributed by atoms with E-state index in [0.717, 1.165) is 28.4 Å². The number of hydrogen-bond donors (Lipinski definition) is 1. The molecule has 2 aromatic carbocycles. The number of rotatable bonds is 6. The highest BCUT2D eigenvalue weighted by atomic mass is 79.9. The molecule has 0 bridgehead atoms. The normalized spacial score (nSPS) is 14.3. The summed E-state index contributed by atoms with van der Waals surface area (Å²) in [6.07, 6.45) is 2.53. The minimum Gasteiger partial charge on any atom is -0.343 e. The number of anilines is 1. The Balaban J connectivity index is 1.28. The maximum atomic E-state index is 14.2. The van der Waals surface area contributed by atoms with Crippen molar-refractivity contribution in [2.45, 2.75) is 38.5 Å². The van der Waals surface area contributed by atoms with Gasteiger partial charge in [0, 0.05) is 36.7 Å². The molecule has 9 heteroatoms. The number of benzene rings is 2. The number of hydrogen-bond acceptors (Lipinski definition) is 3. The van der Waals surface area contributed by atoms with Gasteiger partial charge in [0.2, 0.25) is 5.91 Å². The van der Waals surface area contributed by atoms with Crippen LogP contribution in [0.1, 0.15) is 52.5 Å². The van der Waals surface area contributed by atoms with Crippen molar-refractivity contribution in [3.05, 3.63) is 81.1 Å². The van der Waals surface area contributed by atoms with Gasteiger partial charge in [-0.3, -0.25) is 14.3 Å². The van der Waals surface area contributed by atoms with Crippen LogP contribution in [0.4, 0.5) is 14.5 Å². The summed E-state index contributed by atoms with van der Waals surface area (Å²) in [5.74, 6) is -1.07. The van der Waals surface area contributed by atoms with E-state index < -0.39 is 11.7 Å². The molecule has 35 heavy (non-hydrogen) atoms. The van der Waals surface area contributed by atoms with Crippen LogP contribution in [0.25, 0.3) is 0 Å². The van der Waals surface area contributed by atoms with E-state index in [2.05, 4.69) is 26.3 Å². The topological polar surface area (TPSA) is 67.2 Å². The third-order valence-corrected chi connectivity index (χ3v) is 7.24. The van der Waals surface area contributed by atoms with E-state index >= 15 is 0 Å². The predicted octanol–water partition coefficient (Wildman–Crippen LogP) is 5.36. The molecule has 1 aromatic heterocycles. The maximum absolute atomic E-state index is 14.2. The van der Waals surface area contributed by atoms with Gasteiger partial charge in [0.1, 0.15) is 5.82 Å². The second-order valence-electron chi connectivity index (χ2n) is 8.84. The summed E-state index contributed by atoms with van der Waals surface area (Å²) in [6, 6.07) is 12.1. The lowest BCUT2D eigenvalue weighted by Gasteiger charge is -2.32. The number of likely N-dealkylation sites (tertiary alicyclic amines) is 1. The van der Waals surface area contributed by atoms with E-state index in [9.17, 15) is 18.4 Å². The summed E-state index contributed by atoms with van der Waals surface area (Å²) in [5, 5.41) is 6.66. The van der Waals surface area contributed by atoms with E-state index in [1.165, 1.54) is 30.8 Å². The average molecular weight is 545 g/mol. The zero-order valence-corrected chi connectivity index (χ0v) is 21.2. The summed E-state index contributed by atoms with van der Waals surface area (Å²) in [6.45, 7) is 2.86. The minimum atomic E-state index is -0.619. The van der Waals surface area contributed by atoms with Crippen LogP contribution in [0.5, 0.6) is 0 Å². The molecule has 1 saturated heterocycles. The van der Waals surface area contributed by atoms with Gasteiger partial charge in [-0.2, -0.15) is 5.10 Å². The van der Waals surface area contributed by atoms with Crippen LogP contribution in [0.3, 0.4) is 0 Å². The number of aryl methyl sites for hydroxylation is 3. The number of halogens is 3. The highest BCUT2D eigenvalue weighted by molar-refractivity contribution is 9.10. The van der Waals surface area contributed by atoms with Gasteiger partial charge in [0.05, 0.1) is 5.69 Å². The summed E-state index contributed by atoms with van der Waals surface area (Å²) >= 11 is 3.41. The van der Waals surface area contributed by atoms with Crippen LogP contribution in [-0.4, -0.2) is 39.6 Å². The smallest absolute Gasteiger partial charge is 0.276 e. The highest BCUT2D eigenvalue weighted by Crippen LogP contribution is 2.29.